The molecule has 0 unspecified atom stereocenters. The molecule has 0 amide bonds. The molecule has 0 aliphatic rings. The Hall–Kier alpha value is -2.19. The summed E-state index contributed by atoms with van der Waals surface area (Å²) in [5.41, 5.74) is 0. The minimum atomic E-state index is -9.11. The lowest BCUT2D eigenvalue weighted by Gasteiger charge is -2.43. The highest BCUT2D eigenvalue weighted by Gasteiger charge is 2.96. The minimum Gasteiger partial charge on any atom is -0.466 e. The van der Waals surface area contributed by atoms with Gasteiger partial charge in [-0.1, -0.05) is 0 Å². The Labute approximate surface area is 177 Å². The Morgan fingerprint density at radius 3 is 1.03 bits per heavy atom. The van der Waals surface area contributed by atoms with Gasteiger partial charge >= 0.3 is 59.5 Å². The standard InChI is InChI=1S/C13H4F20O2/c1-35-4(34)2-3(14)5(15,16)6(17,18)7(19,20)8(21,22)9(23,24)10(25,26)11(27,28)12(29,30)13(31,32)33/h2H,1H3/b3-2+. The zero-order chi connectivity index (χ0) is 29.1. The number of alkyl halides is 19. The van der Waals surface area contributed by atoms with Gasteiger partial charge in [0.1, 0.15) is 0 Å². The Bertz CT molecular complexity index is 834. The lowest BCUT2D eigenvalue weighted by molar-refractivity contribution is -0.467. The summed E-state index contributed by atoms with van der Waals surface area (Å²) in [6.45, 7) is 0. The molecule has 35 heavy (non-hydrogen) atoms. The van der Waals surface area contributed by atoms with Gasteiger partial charge in [-0.3, -0.25) is 0 Å². The largest absolute Gasteiger partial charge is 0.466 e. The monoisotopic (exact) mass is 572 g/mol. The highest BCUT2D eigenvalue weighted by Crippen LogP contribution is 2.65. The Morgan fingerprint density at radius 2 is 0.771 bits per heavy atom. The van der Waals surface area contributed by atoms with Crippen molar-refractivity contribution in [3.8, 4) is 0 Å². The molecule has 0 aliphatic heterocycles. The molecule has 0 fully saturated rings. The van der Waals surface area contributed by atoms with E-state index in [-0.39, 0.29) is 7.11 Å². The van der Waals surface area contributed by atoms with Gasteiger partial charge in [0, 0.05) is 0 Å². The molecule has 0 bridgehead atoms. The molecule has 2 nitrogen and oxygen atoms in total. The van der Waals surface area contributed by atoms with Crippen LogP contribution < -0.4 is 0 Å². The van der Waals surface area contributed by atoms with Gasteiger partial charge in [0.2, 0.25) is 0 Å². The number of carbonyl (C=O) groups is 1. The molecule has 0 N–H and O–H groups in total. The van der Waals surface area contributed by atoms with Gasteiger partial charge in [0.15, 0.2) is 5.83 Å². The van der Waals surface area contributed by atoms with E-state index in [9.17, 15) is 92.6 Å². The zero-order valence-electron chi connectivity index (χ0n) is 15.5. The van der Waals surface area contributed by atoms with E-state index in [1.54, 1.807) is 0 Å². The van der Waals surface area contributed by atoms with Crippen LogP contribution in [-0.2, 0) is 9.53 Å². The van der Waals surface area contributed by atoms with Crippen LogP contribution in [0.1, 0.15) is 0 Å². The van der Waals surface area contributed by atoms with Gasteiger partial charge in [0.25, 0.3) is 0 Å². The summed E-state index contributed by atoms with van der Waals surface area (Å²) in [6.07, 6.45) is -9.46. The molecule has 22 heteroatoms. The maximum atomic E-state index is 13.4. The SMILES string of the molecule is COC(=O)/C=C(/F)C(F)(F)C(F)(F)C(F)(F)C(F)(F)C(F)(F)C(F)(F)C(F)(F)C(F)(F)C(F)(F)F. The third kappa shape index (κ3) is 4.22. The fourth-order valence-electron chi connectivity index (χ4n) is 1.76. The van der Waals surface area contributed by atoms with Crippen LogP contribution >= 0.6 is 0 Å². The van der Waals surface area contributed by atoms with E-state index >= 15 is 0 Å². The van der Waals surface area contributed by atoms with Crippen LogP contribution in [0, 0.1) is 0 Å². The molecule has 0 aliphatic carbocycles. The van der Waals surface area contributed by atoms with Crippen LogP contribution in [0.2, 0.25) is 0 Å². The normalized spacial score (nSPS) is 16.4. The second-order valence-corrected chi connectivity index (χ2v) is 6.11. The second kappa shape index (κ2) is 8.44. The van der Waals surface area contributed by atoms with Crippen molar-refractivity contribution in [2.75, 3.05) is 7.11 Å². The van der Waals surface area contributed by atoms with Crippen molar-refractivity contribution in [3.05, 3.63) is 11.9 Å². The number of esters is 1. The molecule has 0 aromatic heterocycles. The first-order chi connectivity index (χ1) is 14.9. The molecule has 208 valence electrons. The lowest BCUT2D eigenvalue weighted by atomic mass is 9.87. The zero-order valence-corrected chi connectivity index (χ0v) is 15.5. The predicted molar refractivity (Wildman–Crippen MR) is 66.8 cm³/mol. The minimum absolute atomic E-state index is 0.185. The summed E-state index contributed by atoms with van der Waals surface area (Å²) in [4.78, 5) is 10.5. The second-order valence-electron chi connectivity index (χ2n) is 6.11. The van der Waals surface area contributed by atoms with Crippen LogP contribution in [0.5, 0.6) is 0 Å². The molecule has 0 atom stereocenters. The molecule has 0 radical (unpaired) electrons. The van der Waals surface area contributed by atoms with Crippen LogP contribution in [-0.4, -0.2) is 66.6 Å². The third-order valence-corrected chi connectivity index (χ3v) is 3.86. The molecule has 0 aromatic carbocycles. The molecule has 0 saturated heterocycles. The molecule has 0 saturated carbocycles. The molecule has 0 spiro atoms. The first-order valence-corrected chi connectivity index (χ1v) is 7.42. The predicted octanol–water partition coefficient (Wildman–Crippen LogP) is 6.66. The average molecular weight is 572 g/mol. The van der Waals surface area contributed by atoms with Gasteiger partial charge in [-0.25, -0.2) is 9.18 Å². The van der Waals surface area contributed by atoms with Crippen molar-refractivity contribution in [3.63, 3.8) is 0 Å². The summed E-state index contributed by atoms with van der Waals surface area (Å²) in [6, 6.07) is 0. The first kappa shape index (κ1) is 32.8. The summed E-state index contributed by atoms with van der Waals surface area (Å²) in [5, 5.41) is 0. The van der Waals surface area contributed by atoms with E-state index in [2.05, 4.69) is 4.74 Å². The lowest BCUT2D eigenvalue weighted by Crippen LogP contribution is -2.75. The highest BCUT2D eigenvalue weighted by molar-refractivity contribution is 5.82. The maximum Gasteiger partial charge on any atom is 0.460 e. The van der Waals surface area contributed by atoms with Crippen molar-refractivity contribution in [1.29, 1.82) is 0 Å². The first-order valence-electron chi connectivity index (χ1n) is 7.42. The van der Waals surface area contributed by atoms with Crippen molar-refractivity contribution in [2.24, 2.45) is 0 Å². The Kier molecular flexibility index (Phi) is 7.91. The summed E-state index contributed by atoms with van der Waals surface area (Å²) >= 11 is 0. The molecule has 0 aromatic rings. The third-order valence-electron chi connectivity index (χ3n) is 3.86. The molecular weight excluding hydrogens is 568 g/mol. The number of hydrogen-bond acceptors (Lipinski definition) is 2. The van der Waals surface area contributed by atoms with Crippen molar-refractivity contribution < 1.29 is 97.3 Å². The number of methoxy groups -OCH3 is 1. The average Bonchev–Trinajstić information content (AvgIpc) is 2.65. The summed E-state index contributed by atoms with van der Waals surface area (Å²) in [7, 11) is 0.185. The smallest absolute Gasteiger partial charge is 0.460 e. The van der Waals surface area contributed by atoms with Gasteiger partial charge in [-0.05, 0) is 0 Å². The number of ether oxygens (including phenoxy) is 1. The van der Waals surface area contributed by atoms with E-state index in [0.717, 1.165) is 0 Å². The van der Waals surface area contributed by atoms with Crippen molar-refractivity contribution in [1.82, 2.24) is 0 Å². The highest BCUT2D eigenvalue weighted by atomic mass is 19.4. The molecule has 0 rings (SSSR count). The maximum absolute atomic E-state index is 13.4. The number of carbonyl (C=O) groups excluding carboxylic acids is 1. The van der Waals surface area contributed by atoms with Crippen LogP contribution in [0.15, 0.2) is 11.9 Å². The van der Waals surface area contributed by atoms with E-state index in [1.807, 2.05) is 0 Å². The number of halogens is 20. The van der Waals surface area contributed by atoms with Crippen LogP contribution in [0.4, 0.5) is 87.8 Å². The Balaban J connectivity index is 7.02. The van der Waals surface area contributed by atoms with Crippen LogP contribution in [0.3, 0.4) is 0 Å². The van der Waals surface area contributed by atoms with Crippen molar-refractivity contribution in [2.45, 2.75) is 53.6 Å². The fraction of sp³-hybridized carbons (Fsp3) is 0.769. The molecular formula is C13H4F20O2. The number of allylic oxidation sites excluding steroid dienone is 1. The van der Waals surface area contributed by atoms with E-state index in [0.29, 0.717) is 0 Å². The van der Waals surface area contributed by atoms with Gasteiger partial charge in [0.05, 0.1) is 13.2 Å². The van der Waals surface area contributed by atoms with E-state index in [1.165, 1.54) is 0 Å². The quantitative estimate of drug-likeness (QED) is 0.176. The summed E-state index contributed by atoms with van der Waals surface area (Å²) < 4.78 is 264. The van der Waals surface area contributed by atoms with E-state index < -0.39 is 71.4 Å². The van der Waals surface area contributed by atoms with Crippen molar-refractivity contribution >= 4 is 5.97 Å². The molecule has 0 heterocycles. The van der Waals surface area contributed by atoms with Gasteiger partial charge in [-0.15, -0.1) is 0 Å². The number of rotatable bonds is 9. The van der Waals surface area contributed by atoms with Gasteiger partial charge < -0.3 is 4.74 Å². The topological polar surface area (TPSA) is 26.3 Å². The van der Waals surface area contributed by atoms with Crippen LogP contribution in [0.25, 0.3) is 0 Å². The summed E-state index contributed by atoms with van der Waals surface area (Å²) in [5.74, 6) is -75.8. The number of hydrogen-bond donors (Lipinski definition) is 0. The van der Waals surface area contributed by atoms with E-state index in [4.69, 9.17) is 0 Å². The fourth-order valence-corrected chi connectivity index (χ4v) is 1.76. The van der Waals surface area contributed by atoms with Gasteiger partial charge in [-0.2, -0.15) is 83.4 Å². The Morgan fingerprint density at radius 1 is 0.514 bits per heavy atom.